The van der Waals surface area contributed by atoms with E-state index in [2.05, 4.69) is 16.3 Å². The first-order chi connectivity index (χ1) is 9.20. The van der Waals surface area contributed by atoms with Crippen LogP contribution in [0.2, 0.25) is 0 Å². The summed E-state index contributed by atoms with van der Waals surface area (Å²) in [5.74, 6) is 0.933. The number of hydrogen-bond acceptors (Lipinski definition) is 6. The van der Waals surface area contributed by atoms with Crippen molar-refractivity contribution in [1.29, 1.82) is 0 Å². The molecule has 0 atom stereocenters. The van der Waals surface area contributed by atoms with Gasteiger partial charge in [0.15, 0.2) is 5.16 Å². The Hall–Kier alpha value is -1.34. The first-order valence-corrected chi connectivity index (χ1v) is 7.76. The zero-order valence-corrected chi connectivity index (χ0v) is 12.5. The molecule has 19 heavy (non-hydrogen) atoms. The van der Waals surface area contributed by atoms with Crippen LogP contribution in [0, 0.1) is 0 Å². The molecule has 0 N–H and O–H groups in total. The number of rotatable bonds is 6. The molecule has 0 amide bonds. The normalized spacial score (nSPS) is 10.6. The van der Waals surface area contributed by atoms with Crippen molar-refractivity contribution < 1.29 is 9.53 Å². The fraction of sp³-hybridized carbons (Fsp3) is 0.417. The van der Waals surface area contributed by atoms with Gasteiger partial charge in [0.05, 0.1) is 12.4 Å². The largest absolute Gasteiger partial charge is 0.465 e. The molecule has 0 aliphatic heterocycles. The number of ether oxygens (including phenoxy) is 1. The number of carbonyl (C=O) groups is 1. The summed E-state index contributed by atoms with van der Waals surface area (Å²) >= 11 is 3.05. The first kappa shape index (κ1) is 14.1. The zero-order valence-electron chi connectivity index (χ0n) is 10.8. The lowest BCUT2D eigenvalue weighted by Crippen LogP contribution is -2.07. The lowest BCUT2D eigenvalue weighted by molar-refractivity contribution is -0.139. The van der Waals surface area contributed by atoms with E-state index in [4.69, 9.17) is 4.74 Å². The Bertz CT molecular complexity index is 537. The van der Waals surface area contributed by atoms with Gasteiger partial charge in [-0.3, -0.25) is 4.79 Å². The molecular formula is C12H15N3O2S2. The van der Waals surface area contributed by atoms with Gasteiger partial charge in [0, 0.05) is 18.3 Å². The SMILES string of the molecule is CCOC(=O)CSc1nnc(Cc2cccs2)n1C. The number of thioether (sulfide) groups is 1. The highest BCUT2D eigenvalue weighted by molar-refractivity contribution is 7.99. The Balaban J connectivity index is 1.96. The molecule has 0 saturated heterocycles. The van der Waals surface area contributed by atoms with Crippen molar-refractivity contribution in [1.82, 2.24) is 14.8 Å². The molecule has 0 aliphatic rings. The van der Waals surface area contributed by atoms with Gasteiger partial charge in [-0.05, 0) is 18.4 Å². The van der Waals surface area contributed by atoms with Crippen molar-refractivity contribution >= 4 is 29.1 Å². The summed E-state index contributed by atoms with van der Waals surface area (Å²) in [7, 11) is 1.91. The van der Waals surface area contributed by atoms with Gasteiger partial charge in [-0.25, -0.2) is 0 Å². The standard InChI is InChI=1S/C12H15N3O2S2/c1-3-17-11(16)8-19-12-14-13-10(15(12)2)7-9-5-4-6-18-9/h4-6H,3,7-8H2,1-2H3. The highest BCUT2D eigenvalue weighted by Gasteiger charge is 2.12. The van der Waals surface area contributed by atoms with E-state index in [1.165, 1.54) is 16.6 Å². The third kappa shape index (κ3) is 3.81. The zero-order chi connectivity index (χ0) is 13.7. The summed E-state index contributed by atoms with van der Waals surface area (Å²) in [6.07, 6.45) is 0.765. The Kier molecular flexibility index (Phi) is 4.98. The molecule has 0 bridgehead atoms. The van der Waals surface area contributed by atoms with E-state index in [-0.39, 0.29) is 11.7 Å². The smallest absolute Gasteiger partial charge is 0.316 e. The first-order valence-electron chi connectivity index (χ1n) is 5.89. The Morgan fingerprint density at radius 1 is 1.53 bits per heavy atom. The van der Waals surface area contributed by atoms with E-state index in [1.54, 1.807) is 18.3 Å². The van der Waals surface area contributed by atoms with Gasteiger partial charge >= 0.3 is 5.97 Å². The van der Waals surface area contributed by atoms with E-state index < -0.39 is 0 Å². The summed E-state index contributed by atoms with van der Waals surface area (Å²) in [6.45, 7) is 2.20. The summed E-state index contributed by atoms with van der Waals surface area (Å²) in [5.41, 5.74) is 0. The van der Waals surface area contributed by atoms with Crippen LogP contribution in [0.5, 0.6) is 0 Å². The summed E-state index contributed by atoms with van der Waals surface area (Å²) in [5, 5.41) is 11.0. The molecule has 5 nitrogen and oxygen atoms in total. The second-order valence-corrected chi connectivity index (χ2v) is 5.78. The highest BCUT2D eigenvalue weighted by atomic mass is 32.2. The molecule has 0 saturated carbocycles. The predicted molar refractivity (Wildman–Crippen MR) is 75.5 cm³/mol. The Morgan fingerprint density at radius 2 is 2.37 bits per heavy atom. The van der Waals surface area contributed by atoms with E-state index >= 15 is 0 Å². The molecule has 0 aromatic carbocycles. The molecule has 0 radical (unpaired) electrons. The number of aromatic nitrogens is 3. The Labute approximate surface area is 120 Å². The second-order valence-electron chi connectivity index (χ2n) is 3.81. The quantitative estimate of drug-likeness (QED) is 0.604. The van der Waals surface area contributed by atoms with Gasteiger partial charge in [-0.15, -0.1) is 21.5 Å². The van der Waals surface area contributed by atoms with Crippen molar-refractivity contribution in [3.63, 3.8) is 0 Å². The molecule has 0 unspecified atom stereocenters. The van der Waals surface area contributed by atoms with Crippen molar-refractivity contribution in [2.45, 2.75) is 18.5 Å². The summed E-state index contributed by atoms with van der Waals surface area (Å²) < 4.78 is 6.80. The monoisotopic (exact) mass is 297 g/mol. The van der Waals surface area contributed by atoms with Gasteiger partial charge in [-0.1, -0.05) is 17.8 Å². The molecule has 2 rings (SSSR count). The van der Waals surface area contributed by atoms with Gasteiger partial charge < -0.3 is 9.30 Å². The molecule has 102 valence electrons. The maximum Gasteiger partial charge on any atom is 0.316 e. The van der Waals surface area contributed by atoms with Crippen molar-refractivity contribution in [3.05, 3.63) is 28.2 Å². The predicted octanol–water partition coefficient (Wildman–Crippen LogP) is 2.12. The van der Waals surface area contributed by atoms with E-state index in [1.807, 2.05) is 23.1 Å². The molecular weight excluding hydrogens is 282 g/mol. The lowest BCUT2D eigenvalue weighted by atomic mass is 10.3. The number of nitrogens with zero attached hydrogens (tertiary/aromatic N) is 3. The minimum absolute atomic E-state index is 0.227. The maximum absolute atomic E-state index is 11.3. The average molecular weight is 297 g/mol. The van der Waals surface area contributed by atoms with E-state index in [9.17, 15) is 4.79 Å². The molecule has 0 aliphatic carbocycles. The van der Waals surface area contributed by atoms with Crippen LogP contribution in [0.4, 0.5) is 0 Å². The van der Waals surface area contributed by atoms with Gasteiger partial charge in [0.1, 0.15) is 5.82 Å². The van der Waals surface area contributed by atoms with E-state index in [0.717, 1.165) is 17.4 Å². The highest BCUT2D eigenvalue weighted by Crippen LogP contribution is 2.19. The van der Waals surface area contributed by atoms with Crippen molar-refractivity contribution in [3.8, 4) is 0 Å². The third-order valence-electron chi connectivity index (χ3n) is 2.46. The van der Waals surface area contributed by atoms with Crippen LogP contribution in [-0.4, -0.2) is 33.1 Å². The average Bonchev–Trinajstić information content (AvgIpc) is 3.00. The molecule has 2 heterocycles. The molecule has 2 aromatic rings. The maximum atomic E-state index is 11.3. The van der Waals surface area contributed by atoms with Crippen molar-refractivity contribution in [2.24, 2.45) is 7.05 Å². The van der Waals surface area contributed by atoms with Crippen LogP contribution in [0.1, 0.15) is 17.6 Å². The lowest BCUT2D eigenvalue weighted by Gasteiger charge is -2.03. The second kappa shape index (κ2) is 6.72. The number of thiophene rings is 1. The van der Waals surface area contributed by atoms with Gasteiger partial charge in [-0.2, -0.15) is 0 Å². The molecule has 0 spiro atoms. The number of carbonyl (C=O) groups excluding carboxylic acids is 1. The minimum Gasteiger partial charge on any atom is -0.465 e. The number of hydrogen-bond donors (Lipinski definition) is 0. The van der Waals surface area contributed by atoms with Crippen LogP contribution in [-0.2, 0) is 23.0 Å². The van der Waals surface area contributed by atoms with Crippen molar-refractivity contribution in [2.75, 3.05) is 12.4 Å². The van der Waals surface area contributed by atoms with E-state index in [0.29, 0.717) is 6.61 Å². The fourth-order valence-electron chi connectivity index (χ4n) is 1.52. The van der Waals surface area contributed by atoms with Gasteiger partial charge in [0.2, 0.25) is 0 Å². The topological polar surface area (TPSA) is 57.0 Å². The Morgan fingerprint density at radius 3 is 3.05 bits per heavy atom. The van der Waals surface area contributed by atoms with Crippen LogP contribution in [0.3, 0.4) is 0 Å². The van der Waals surface area contributed by atoms with Crippen LogP contribution in [0.15, 0.2) is 22.7 Å². The van der Waals surface area contributed by atoms with Crippen LogP contribution < -0.4 is 0 Å². The molecule has 7 heteroatoms. The fourth-order valence-corrected chi connectivity index (χ4v) is 2.95. The molecule has 0 fully saturated rings. The summed E-state index contributed by atoms with van der Waals surface area (Å²) in [4.78, 5) is 12.5. The minimum atomic E-state index is -0.227. The summed E-state index contributed by atoms with van der Waals surface area (Å²) in [6, 6.07) is 4.09. The molecule has 2 aromatic heterocycles. The van der Waals surface area contributed by atoms with Crippen LogP contribution >= 0.6 is 23.1 Å². The third-order valence-corrected chi connectivity index (χ3v) is 4.33. The van der Waals surface area contributed by atoms with Crippen LogP contribution in [0.25, 0.3) is 0 Å². The number of esters is 1. The van der Waals surface area contributed by atoms with Gasteiger partial charge in [0.25, 0.3) is 0 Å².